The van der Waals surface area contributed by atoms with Crippen molar-refractivity contribution in [3.63, 3.8) is 0 Å². The fourth-order valence-corrected chi connectivity index (χ4v) is 2.83. The van der Waals surface area contributed by atoms with E-state index in [4.69, 9.17) is 0 Å². The van der Waals surface area contributed by atoms with Gasteiger partial charge in [0.05, 0.1) is 22.8 Å². The fraction of sp³-hybridized carbons (Fsp3) is 0. The predicted molar refractivity (Wildman–Crippen MR) is 103 cm³/mol. The third-order valence-electron chi connectivity index (χ3n) is 3.92. The van der Waals surface area contributed by atoms with Crippen LogP contribution in [0.5, 0.6) is 0 Å². The molecule has 3 aromatic rings. The maximum atomic E-state index is 4.59. The van der Waals surface area contributed by atoms with E-state index >= 15 is 0 Å². The van der Waals surface area contributed by atoms with Crippen molar-refractivity contribution < 1.29 is 14.8 Å². The summed E-state index contributed by atoms with van der Waals surface area (Å²) in [4.78, 5) is 18.4. The molecule has 3 aromatic heterocycles. The van der Waals surface area contributed by atoms with Gasteiger partial charge in [0, 0.05) is 0 Å². The standard InChI is InChI=1S/C20H12N4.ClH.Co/c1-2-14-10-16-5-6-18(23-16)12-20-8-7-19(24-20)11-17-4-3-15(22-17)9-13(1)21-14;;/h1-12H;1H;/q-2;;+3/p-1. The molecule has 5 rings (SSSR count). The first-order valence-corrected chi connectivity index (χ1v) is 9.30. The number of halogens is 1. The first kappa shape index (κ1) is 16.8. The average Bonchev–Trinajstić information content (AvgIpc) is 3.42. The van der Waals surface area contributed by atoms with Crippen LogP contribution < -0.4 is 9.97 Å². The summed E-state index contributed by atoms with van der Waals surface area (Å²) in [6.07, 6.45) is 7.95. The number of rotatable bonds is 0. The van der Waals surface area contributed by atoms with E-state index < -0.39 is 0 Å². The van der Waals surface area contributed by atoms with E-state index in [9.17, 15) is 0 Å². The van der Waals surface area contributed by atoms with Crippen LogP contribution in [0.1, 0.15) is 22.8 Å². The zero-order chi connectivity index (χ0) is 17.9. The van der Waals surface area contributed by atoms with Crippen LogP contribution in [0.4, 0.5) is 0 Å². The molecule has 5 heterocycles. The van der Waals surface area contributed by atoms with Crippen molar-refractivity contribution in [3.8, 4) is 0 Å². The van der Waals surface area contributed by atoms with Gasteiger partial charge in [-0.2, -0.15) is 0 Å². The predicted octanol–water partition coefficient (Wildman–Crippen LogP) is 4.60. The van der Waals surface area contributed by atoms with E-state index in [0.717, 1.165) is 44.8 Å². The molecule has 2 aliphatic rings. The van der Waals surface area contributed by atoms with E-state index in [1.54, 1.807) is 0 Å². The summed E-state index contributed by atoms with van der Waals surface area (Å²) < 4.78 is 0. The zero-order valence-corrected chi connectivity index (χ0v) is 15.2. The number of nitrogens with zero attached hydrogens (tertiary/aromatic N) is 4. The third-order valence-corrected chi connectivity index (χ3v) is 3.92. The summed E-state index contributed by atoms with van der Waals surface area (Å²) in [5.41, 5.74) is 7.15. The van der Waals surface area contributed by atoms with Crippen LogP contribution in [0.25, 0.3) is 46.4 Å². The Labute approximate surface area is 162 Å². The van der Waals surface area contributed by atoms with Crippen molar-refractivity contribution in [3.05, 3.63) is 71.3 Å². The van der Waals surface area contributed by atoms with Crippen LogP contribution in [0.3, 0.4) is 0 Å². The molecule has 0 N–H and O–H groups in total. The van der Waals surface area contributed by atoms with Crippen LogP contribution >= 0.6 is 10.1 Å². The van der Waals surface area contributed by atoms with Gasteiger partial charge in [0.1, 0.15) is 0 Å². The quantitative estimate of drug-likeness (QED) is 0.380. The van der Waals surface area contributed by atoms with Crippen LogP contribution in [0.15, 0.2) is 48.5 Å². The molecule has 0 amide bonds. The van der Waals surface area contributed by atoms with Crippen LogP contribution in [-0.2, 0) is 14.8 Å². The minimum atomic E-state index is 0.894. The molecule has 2 aliphatic heterocycles. The molecular weight excluding hydrogens is 391 g/mol. The Morgan fingerprint density at radius 3 is 1.08 bits per heavy atom. The maximum absolute atomic E-state index is 4.59. The molecule has 0 fully saturated rings. The number of aromatic nitrogens is 4. The number of hydrogen-bond acceptors (Lipinski definition) is 2. The molecule has 6 heteroatoms. The van der Waals surface area contributed by atoms with Crippen molar-refractivity contribution in [1.29, 1.82) is 0 Å². The van der Waals surface area contributed by atoms with E-state index in [1.165, 1.54) is 0 Å². The molecule has 0 aromatic carbocycles. The van der Waals surface area contributed by atoms with Crippen LogP contribution in [-0.4, -0.2) is 9.97 Å². The summed E-state index contributed by atoms with van der Waals surface area (Å²) in [5.74, 6) is 0. The Balaban J connectivity index is 0.000000814. The second kappa shape index (κ2) is 7.33. The van der Waals surface area contributed by atoms with Crippen LogP contribution in [0, 0.1) is 0 Å². The van der Waals surface area contributed by atoms with Gasteiger partial charge < -0.3 is 9.97 Å². The molecule has 0 radical (unpaired) electrons. The van der Waals surface area contributed by atoms with Gasteiger partial charge in [-0.05, 0) is 24.3 Å². The first-order chi connectivity index (χ1) is 12.8. The normalized spacial score (nSPS) is 11.9. The monoisotopic (exact) mass is 402 g/mol. The first-order valence-electron chi connectivity index (χ1n) is 7.87. The van der Waals surface area contributed by atoms with Crippen molar-refractivity contribution in [2.45, 2.75) is 0 Å². The molecule has 0 atom stereocenters. The number of hydrogen-bond donors (Lipinski definition) is 0. The summed E-state index contributed by atoms with van der Waals surface area (Å²) in [6.45, 7) is 0. The van der Waals surface area contributed by atoms with E-state index in [2.05, 4.69) is 44.9 Å². The third kappa shape index (κ3) is 3.65. The van der Waals surface area contributed by atoms with Gasteiger partial charge in [0.15, 0.2) is 0 Å². The molecule has 0 unspecified atom stereocenters. The van der Waals surface area contributed by atoms with Crippen molar-refractivity contribution in [2.75, 3.05) is 0 Å². The van der Waals surface area contributed by atoms with Gasteiger partial charge in [0.2, 0.25) is 0 Å². The van der Waals surface area contributed by atoms with Gasteiger partial charge >= 0.3 is 25.0 Å². The summed E-state index contributed by atoms with van der Waals surface area (Å²) in [7, 11) is 4.33. The topological polar surface area (TPSA) is 54.0 Å². The Bertz CT molecular complexity index is 996. The van der Waals surface area contributed by atoms with E-state index in [1.807, 2.05) is 72.8 Å². The molecule has 8 bridgehead atoms. The van der Waals surface area contributed by atoms with E-state index in [-0.39, 0.29) is 0 Å². The molecule has 0 spiro atoms. The van der Waals surface area contributed by atoms with Gasteiger partial charge in [-0.15, -0.1) is 22.1 Å². The number of fused-ring (bicyclic) bond motifs is 8. The molecule has 0 aliphatic carbocycles. The van der Waals surface area contributed by atoms with E-state index in [0.29, 0.717) is 0 Å². The Morgan fingerprint density at radius 1 is 0.538 bits per heavy atom. The molecule has 128 valence electrons. The molecular formula is C20H12ClCoN4. The van der Waals surface area contributed by atoms with Crippen LogP contribution in [0.2, 0.25) is 0 Å². The van der Waals surface area contributed by atoms with Crippen molar-refractivity contribution in [1.82, 2.24) is 19.9 Å². The van der Waals surface area contributed by atoms with Crippen molar-refractivity contribution in [2.24, 2.45) is 0 Å². The molecule has 0 saturated carbocycles. The zero-order valence-electron chi connectivity index (χ0n) is 13.4. The Hall–Kier alpha value is -2.60. The van der Waals surface area contributed by atoms with Gasteiger partial charge in [-0.3, -0.25) is 0 Å². The van der Waals surface area contributed by atoms with Gasteiger partial charge in [-0.1, -0.05) is 48.5 Å². The molecule has 26 heavy (non-hydrogen) atoms. The summed E-state index contributed by atoms with van der Waals surface area (Å²) >= 11 is 3.03. The Morgan fingerprint density at radius 2 is 0.808 bits per heavy atom. The fourth-order valence-electron chi connectivity index (χ4n) is 2.83. The SMILES string of the molecule is C1=Cc2cc3ccc(cc4nc(cc5ccc(cc1n2)[n-]5)C=C4)[n-]3.[Cl][Co+2]. The average molecular weight is 403 g/mol. The van der Waals surface area contributed by atoms with Crippen molar-refractivity contribution >= 4 is 56.5 Å². The second-order valence-corrected chi connectivity index (χ2v) is 5.76. The summed E-state index contributed by atoms with van der Waals surface area (Å²) in [5, 5.41) is 0. The minimum absolute atomic E-state index is 0.894. The second-order valence-electron chi connectivity index (χ2n) is 5.76. The van der Waals surface area contributed by atoms with Gasteiger partial charge in [-0.25, -0.2) is 9.97 Å². The molecule has 0 saturated heterocycles. The molecule has 4 nitrogen and oxygen atoms in total. The summed E-state index contributed by atoms with van der Waals surface area (Å²) in [6, 6.07) is 15.9. The Kier molecular flexibility index (Phi) is 4.75. The van der Waals surface area contributed by atoms with Gasteiger partial charge in [0.25, 0.3) is 0 Å².